The molecule has 1 unspecified atom stereocenters. The van der Waals surface area contributed by atoms with Gasteiger partial charge in [0.25, 0.3) is 6.35 Å². The molecule has 0 saturated carbocycles. The van der Waals surface area contributed by atoms with E-state index in [0.29, 0.717) is 0 Å². The first-order valence-electron chi connectivity index (χ1n) is 1.22. The molecule has 0 aliphatic heterocycles. The molecule has 0 aliphatic carbocycles. The lowest BCUT2D eigenvalue weighted by Crippen LogP contribution is -1.95. The van der Waals surface area contributed by atoms with Gasteiger partial charge in [-0.2, -0.15) is 4.89 Å². The summed E-state index contributed by atoms with van der Waals surface area (Å²) in [6.07, 6.45) is -0.282. The van der Waals surface area contributed by atoms with Crippen LogP contribution in [-0.4, -0.2) is 11.2 Å². The summed E-state index contributed by atoms with van der Waals surface area (Å²) in [5.74, 6) is 4.39. The van der Waals surface area contributed by atoms with Crippen molar-refractivity contribution in [2.75, 3.05) is 6.35 Å². The maximum Gasteiger partial charge on any atom is 0.536 e. The fourth-order valence-corrected chi connectivity index (χ4v) is 0.191. The fourth-order valence-electron chi connectivity index (χ4n) is 0.0638. The third kappa shape index (κ3) is 3.98. The zero-order valence-electron chi connectivity index (χ0n) is 3.00. The minimum Gasteiger partial charge on any atom is -0.251 e. The predicted molar refractivity (Wildman–Crippen MR) is 20.0 cm³/mol. The highest BCUT2D eigenvalue weighted by Gasteiger charge is 2.05. The van der Waals surface area contributed by atoms with Crippen LogP contribution in [0.3, 0.4) is 0 Å². The van der Waals surface area contributed by atoms with Crippen LogP contribution < -0.4 is 5.90 Å². The van der Waals surface area contributed by atoms with Gasteiger partial charge in [-0.15, -0.1) is 0 Å². The van der Waals surface area contributed by atoms with Gasteiger partial charge < -0.3 is 0 Å². The summed E-state index contributed by atoms with van der Waals surface area (Å²) in [7, 11) is -2.20. The highest BCUT2D eigenvalue weighted by Crippen LogP contribution is 2.09. The molecule has 4 nitrogen and oxygen atoms in total. The van der Waals surface area contributed by atoms with Gasteiger partial charge in [-0.25, -0.2) is 5.90 Å². The van der Waals surface area contributed by atoms with Crippen molar-refractivity contribution in [1.82, 2.24) is 0 Å². The standard InChI is InChI=1S/CH4NO3P/c2-5-1-6(3)4/h1-2H2/p+1. The molecule has 3 N–H and O–H groups in total. The number of nitrogens with two attached hydrogens (primary N) is 1. The normalized spacial score (nSPS) is 11.3. The van der Waals surface area contributed by atoms with E-state index in [1.807, 2.05) is 0 Å². The summed E-state index contributed by atoms with van der Waals surface area (Å²) in [6.45, 7) is 0. The Morgan fingerprint density at radius 2 is 2.50 bits per heavy atom. The van der Waals surface area contributed by atoms with E-state index in [1.165, 1.54) is 0 Å². The van der Waals surface area contributed by atoms with E-state index in [-0.39, 0.29) is 6.35 Å². The molecule has 0 rings (SSSR count). The van der Waals surface area contributed by atoms with Crippen molar-refractivity contribution in [3.05, 3.63) is 0 Å². The Morgan fingerprint density at radius 3 is 2.50 bits per heavy atom. The van der Waals surface area contributed by atoms with Crippen LogP contribution >= 0.6 is 8.03 Å². The molecule has 0 aromatic carbocycles. The average Bonchev–Trinajstić information content (AvgIpc) is 1.35. The molecule has 0 spiro atoms. The van der Waals surface area contributed by atoms with Gasteiger partial charge in [0.05, 0.1) is 0 Å². The lowest BCUT2D eigenvalue weighted by atomic mass is 11.7. The minimum atomic E-state index is -2.20. The number of rotatable bonds is 2. The molecule has 0 aromatic rings. The first-order valence-corrected chi connectivity index (χ1v) is 2.62. The highest BCUT2D eigenvalue weighted by atomic mass is 31.1. The van der Waals surface area contributed by atoms with Gasteiger partial charge in [-0.3, -0.25) is 4.84 Å². The van der Waals surface area contributed by atoms with Gasteiger partial charge >= 0.3 is 8.03 Å². The van der Waals surface area contributed by atoms with Gasteiger partial charge in [0.2, 0.25) is 0 Å². The van der Waals surface area contributed by atoms with E-state index in [1.54, 1.807) is 0 Å². The van der Waals surface area contributed by atoms with Gasteiger partial charge in [0.1, 0.15) is 0 Å². The van der Waals surface area contributed by atoms with Crippen molar-refractivity contribution in [3.63, 3.8) is 0 Å². The molecule has 0 saturated heterocycles. The molecule has 36 valence electrons. The van der Waals surface area contributed by atoms with Gasteiger partial charge in [0.15, 0.2) is 0 Å². The second-order valence-electron chi connectivity index (χ2n) is 0.648. The molecule has 0 bridgehead atoms. The molecule has 1 atom stereocenters. The van der Waals surface area contributed by atoms with E-state index in [2.05, 4.69) is 10.7 Å². The van der Waals surface area contributed by atoms with Crippen molar-refractivity contribution in [3.8, 4) is 0 Å². The topological polar surface area (TPSA) is 72.5 Å². The highest BCUT2D eigenvalue weighted by molar-refractivity contribution is 7.37. The van der Waals surface area contributed by atoms with Crippen molar-refractivity contribution < 1.29 is 14.3 Å². The van der Waals surface area contributed by atoms with Crippen molar-refractivity contribution >= 4 is 8.03 Å². The lowest BCUT2D eigenvalue weighted by Gasteiger charge is -1.72. The summed E-state index contributed by atoms with van der Waals surface area (Å²) in [5.41, 5.74) is 0. The Bertz CT molecular complexity index is 54.8. The molecule has 0 aliphatic rings. The molecule has 6 heavy (non-hydrogen) atoms. The minimum absolute atomic E-state index is 0.282. The Morgan fingerprint density at radius 1 is 2.00 bits per heavy atom. The van der Waals surface area contributed by atoms with Crippen LogP contribution in [-0.2, 0) is 9.40 Å². The second-order valence-corrected chi connectivity index (χ2v) is 1.61. The van der Waals surface area contributed by atoms with E-state index in [9.17, 15) is 4.57 Å². The van der Waals surface area contributed by atoms with Crippen LogP contribution in [0.15, 0.2) is 0 Å². The van der Waals surface area contributed by atoms with Crippen LogP contribution in [0.1, 0.15) is 0 Å². The first kappa shape index (κ1) is 5.98. The molecule has 0 heterocycles. The van der Waals surface area contributed by atoms with E-state index >= 15 is 0 Å². The molecular formula is CH5NO3P+. The Labute approximate surface area is 35.7 Å². The van der Waals surface area contributed by atoms with Crippen LogP contribution in [0, 0.1) is 0 Å². The Kier molecular flexibility index (Phi) is 3.17. The fraction of sp³-hybridized carbons (Fsp3) is 1.00. The third-order valence-corrected chi connectivity index (χ3v) is 0.555. The van der Waals surface area contributed by atoms with Crippen LogP contribution in [0.4, 0.5) is 0 Å². The quantitative estimate of drug-likeness (QED) is 0.373. The number of hydrogen-bond acceptors (Lipinski definition) is 3. The smallest absolute Gasteiger partial charge is 0.251 e. The van der Waals surface area contributed by atoms with Crippen LogP contribution in [0.2, 0.25) is 0 Å². The summed E-state index contributed by atoms with van der Waals surface area (Å²) >= 11 is 0. The van der Waals surface area contributed by atoms with Gasteiger partial charge in [-0.1, -0.05) is 0 Å². The number of hydrogen-bond donors (Lipinski definition) is 2. The van der Waals surface area contributed by atoms with Gasteiger partial charge in [0, 0.05) is 0 Å². The SMILES string of the molecule is NOC[P+](=O)O. The molecular weight excluding hydrogens is 105 g/mol. The maximum absolute atomic E-state index is 9.54. The van der Waals surface area contributed by atoms with Gasteiger partial charge in [-0.05, 0) is 4.57 Å². The lowest BCUT2D eigenvalue weighted by molar-refractivity contribution is 0.178. The zero-order valence-corrected chi connectivity index (χ0v) is 3.89. The third-order valence-electron chi connectivity index (χ3n) is 0.185. The average molecular weight is 110 g/mol. The zero-order chi connectivity index (χ0) is 4.99. The first-order chi connectivity index (χ1) is 2.77. The molecule has 0 aromatic heterocycles. The largest absolute Gasteiger partial charge is 0.536 e. The molecule has 0 radical (unpaired) electrons. The monoisotopic (exact) mass is 110 g/mol. The van der Waals surface area contributed by atoms with Crippen molar-refractivity contribution in [1.29, 1.82) is 0 Å². The second kappa shape index (κ2) is 3.18. The van der Waals surface area contributed by atoms with Crippen LogP contribution in [0.5, 0.6) is 0 Å². The molecule has 0 fully saturated rings. The molecule has 5 heteroatoms. The molecule has 0 amide bonds. The summed E-state index contributed by atoms with van der Waals surface area (Å²) in [6, 6.07) is 0. The van der Waals surface area contributed by atoms with E-state index in [4.69, 9.17) is 4.89 Å². The maximum atomic E-state index is 9.54. The summed E-state index contributed by atoms with van der Waals surface area (Å²) in [4.78, 5) is 11.6. The Hall–Kier alpha value is -0.0200. The summed E-state index contributed by atoms with van der Waals surface area (Å²) < 4.78 is 9.54. The Balaban J connectivity index is 2.83. The predicted octanol–water partition coefficient (Wildman–Crippen LogP) is -0.431. The van der Waals surface area contributed by atoms with E-state index in [0.717, 1.165) is 0 Å². The van der Waals surface area contributed by atoms with Crippen LogP contribution in [0.25, 0.3) is 0 Å². The van der Waals surface area contributed by atoms with Crippen molar-refractivity contribution in [2.45, 2.75) is 0 Å². The van der Waals surface area contributed by atoms with E-state index < -0.39 is 8.03 Å². The summed E-state index contributed by atoms with van der Waals surface area (Å²) in [5, 5.41) is 0. The van der Waals surface area contributed by atoms with Crippen molar-refractivity contribution in [2.24, 2.45) is 5.90 Å².